The van der Waals surface area contributed by atoms with Crippen molar-refractivity contribution < 1.29 is 19.4 Å². The molecule has 0 saturated heterocycles. The second-order valence-corrected chi connectivity index (χ2v) is 5.14. The third-order valence-electron chi connectivity index (χ3n) is 3.87. The fourth-order valence-electron chi connectivity index (χ4n) is 2.84. The second kappa shape index (κ2) is 6.75. The van der Waals surface area contributed by atoms with Crippen LogP contribution in [0.5, 0.6) is 5.75 Å². The van der Waals surface area contributed by atoms with Crippen molar-refractivity contribution in [1.29, 1.82) is 0 Å². The molecule has 4 heteroatoms. The van der Waals surface area contributed by atoms with Crippen LogP contribution in [0.1, 0.15) is 55.8 Å². The lowest BCUT2D eigenvalue weighted by Crippen LogP contribution is -2.15. The van der Waals surface area contributed by atoms with Crippen LogP contribution in [-0.4, -0.2) is 24.8 Å². The van der Waals surface area contributed by atoms with Crippen molar-refractivity contribution in [2.75, 3.05) is 13.7 Å². The summed E-state index contributed by atoms with van der Waals surface area (Å²) in [6.45, 7) is 1.99. The van der Waals surface area contributed by atoms with E-state index in [-0.39, 0.29) is 6.61 Å². The van der Waals surface area contributed by atoms with Crippen molar-refractivity contribution in [3.8, 4) is 5.75 Å². The zero-order valence-electron chi connectivity index (χ0n) is 12.1. The molecule has 0 amide bonds. The van der Waals surface area contributed by atoms with Gasteiger partial charge in [0.25, 0.3) is 0 Å². The number of carbonyl (C=O) groups excluding carboxylic acids is 1. The van der Waals surface area contributed by atoms with Crippen molar-refractivity contribution in [3.05, 3.63) is 29.3 Å². The van der Waals surface area contributed by atoms with Gasteiger partial charge in [-0.1, -0.05) is 18.9 Å². The van der Waals surface area contributed by atoms with Crippen LogP contribution in [-0.2, 0) is 9.53 Å². The van der Waals surface area contributed by atoms with E-state index in [0.29, 0.717) is 11.5 Å². The molecule has 0 bridgehead atoms. The largest absolute Gasteiger partial charge is 0.496 e. The Morgan fingerprint density at radius 1 is 1.40 bits per heavy atom. The molecule has 1 aliphatic carbocycles. The number of methoxy groups -OCH3 is 1. The van der Waals surface area contributed by atoms with Gasteiger partial charge < -0.3 is 14.6 Å². The van der Waals surface area contributed by atoms with Crippen molar-refractivity contribution >= 4 is 5.97 Å². The number of esters is 1. The highest BCUT2D eigenvalue weighted by molar-refractivity contribution is 5.76. The zero-order valence-corrected chi connectivity index (χ0v) is 12.1. The van der Waals surface area contributed by atoms with E-state index in [0.717, 1.165) is 24.2 Å². The summed E-state index contributed by atoms with van der Waals surface area (Å²) in [4.78, 5) is 11.6. The summed E-state index contributed by atoms with van der Waals surface area (Å²) in [6, 6.07) is 5.43. The summed E-state index contributed by atoms with van der Waals surface area (Å²) < 4.78 is 10.3. The molecule has 1 atom stereocenters. The molecule has 0 aliphatic heterocycles. The fraction of sp³-hybridized carbons (Fsp3) is 0.562. The highest BCUT2D eigenvalue weighted by Crippen LogP contribution is 2.39. The lowest BCUT2D eigenvalue weighted by atomic mass is 9.93. The van der Waals surface area contributed by atoms with E-state index in [2.05, 4.69) is 0 Å². The van der Waals surface area contributed by atoms with Gasteiger partial charge in [0.2, 0.25) is 0 Å². The minimum absolute atomic E-state index is 0.265. The number of ether oxygens (including phenoxy) is 2. The van der Waals surface area contributed by atoms with Crippen molar-refractivity contribution in [3.63, 3.8) is 0 Å². The van der Waals surface area contributed by atoms with Gasteiger partial charge in [-0.3, -0.25) is 0 Å². The van der Waals surface area contributed by atoms with Gasteiger partial charge in [-0.25, -0.2) is 4.79 Å². The normalized spacial score (nSPS) is 16.9. The number of hydrogen-bond donors (Lipinski definition) is 1. The number of carbonyl (C=O) groups is 1. The van der Waals surface area contributed by atoms with Crippen LogP contribution in [0.15, 0.2) is 18.2 Å². The molecule has 1 N–H and O–H groups in total. The average molecular weight is 278 g/mol. The predicted molar refractivity (Wildman–Crippen MR) is 75.8 cm³/mol. The topological polar surface area (TPSA) is 55.8 Å². The molecule has 2 rings (SSSR count). The Labute approximate surface area is 119 Å². The summed E-state index contributed by atoms with van der Waals surface area (Å²) in [5.74, 6) is 0.686. The Balaban J connectivity index is 2.26. The van der Waals surface area contributed by atoms with Crippen LogP contribution in [0, 0.1) is 0 Å². The van der Waals surface area contributed by atoms with Crippen LogP contribution in [0.2, 0.25) is 0 Å². The average Bonchev–Trinajstić information content (AvgIpc) is 3.00. The van der Waals surface area contributed by atoms with Gasteiger partial charge in [0.15, 0.2) is 6.10 Å². The SMILES string of the molecule is CCOC(=O)C(O)c1ccc(OC)c(C2CCCC2)c1. The Bertz CT molecular complexity index is 464. The van der Waals surface area contributed by atoms with Gasteiger partial charge in [0, 0.05) is 0 Å². The summed E-state index contributed by atoms with van der Waals surface area (Å²) in [7, 11) is 1.65. The highest BCUT2D eigenvalue weighted by atomic mass is 16.5. The number of benzene rings is 1. The first-order valence-electron chi connectivity index (χ1n) is 7.20. The summed E-state index contributed by atoms with van der Waals surface area (Å²) >= 11 is 0. The Morgan fingerprint density at radius 2 is 2.10 bits per heavy atom. The first-order valence-corrected chi connectivity index (χ1v) is 7.20. The van der Waals surface area contributed by atoms with E-state index in [9.17, 15) is 9.90 Å². The van der Waals surface area contributed by atoms with E-state index in [1.807, 2.05) is 12.1 Å². The molecule has 0 heterocycles. The number of aliphatic hydroxyl groups excluding tert-OH is 1. The number of rotatable bonds is 5. The molecule has 1 fully saturated rings. The van der Waals surface area contributed by atoms with Crippen molar-refractivity contribution in [2.24, 2.45) is 0 Å². The fourth-order valence-corrected chi connectivity index (χ4v) is 2.84. The van der Waals surface area contributed by atoms with E-state index >= 15 is 0 Å². The van der Waals surface area contributed by atoms with Crippen molar-refractivity contribution in [2.45, 2.75) is 44.6 Å². The van der Waals surface area contributed by atoms with Crippen LogP contribution in [0.25, 0.3) is 0 Å². The zero-order chi connectivity index (χ0) is 14.5. The van der Waals surface area contributed by atoms with Gasteiger partial charge in [-0.05, 0) is 48.9 Å². The maximum absolute atomic E-state index is 11.6. The monoisotopic (exact) mass is 278 g/mol. The molecule has 0 radical (unpaired) electrons. The molecule has 1 aromatic carbocycles. The molecule has 0 spiro atoms. The molecule has 20 heavy (non-hydrogen) atoms. The molecule has 4 nitrogen and oxygen atoms in total. The lowest BCUT2D eigenvalue weighted by molar-refractivity contribution is -0.153. The molecule has 1 aromatic rings. The van der Waals surface area contributed by atoms with Crippen LogP contribution in [0.3, 0.4) is 0 Å². The van der Waals surface area contributed by atoms with Gasteiger partial charge in [0.1, 0.15) is 5.75 Å². The molecule has 1 saturated carbocycles. The van der Waals surface area contributed by atoms with Gasteiger partial charge in [-0.15, -0.1) is 0 Å². The van der Waals surface area contributed by atoms with Crippen LogP contribution in [0.4, 0.5) is 0 Å². The Hall–Kier alpha value is -1.55. The molecule has 110 valence electrons. The number of hydrogen-bond acceptors (Lipinski definition) is 4. The third kappa shape index (κ3) is 3.12. The quantitative estimate of drug-likeness (QED) is 0.841. The number of aliphatic hydroxyl groups is 1. The Morgan fingerprint density at radius 3 is 2.70 bits per heavy atom. The minimum atomic E-state index is -1.22. The maximum atomic E-state index is 11.6. The highest BCUT2D eigenvalue weighted by Gasteiger charge is 2.24. The first kappa shape index (κ1) is 14.9. The third-order valence-corrected chi connectivity index (χ3v) is 3.87. The minimum Gasteiger partial charge on any atom is -0.496 e. The first-order chi connectivity index (χ1) is 9.67. The van der Waals surface area contributed by atoms with E-state index in [1.54, 1.807) is 20.1 Å². The molecule has 1 unspecified atom stereocenters. The predicted octanol–water partition coefficient (Wildman–Crippen LogP) is 2.95. The molecule has 1 aliphatic rings. The standard InChI is InChI=1S/C16H22O4/c1-3-20-16(18)15(17)12-8-9-14(19-2)13(10-12)11-6-4-5-7-11/h8-11,15,17H,3-7H2,1-2H3. The lowest BCUT2D eigenvalue weighted by Gasteiger charge is -2.17. The van der Waals surface area contributed by atoms with E-state index in [1.165, 1.54) is 12.8 Å². The molecular weight excluding hydrogens is 256 g/mol. The second-order valence-electron chi connectivity index (χ2n) is 5.14. The molecule has 0 aromatic heterocycles. The van der Waals surface area contributed by atoms with Crippen LogP contribution < -0.4 is 4.74 Å². The van der Waals surface area contributed by atoms with Gasteiger partial charge in [-0.2, -0.15) is 0 Å². The smallest absolute Gasteiger partial charge is 0.339 e. The van der Waals surface area contributed by atoms with Gasteiger partial charge >= 0.3 is 5.97 Å². The van der Waals surface area contributed by atoms with Gasteiger partial charge in [0.05, 0.1) is 13.7 Å². The summed E-state index contributed by atoms with van der Waals surface area (Å²) in [6.07, 6.45) is 3.49. The molecular formula is C16H22O4. The summed E-state index contributed by atoms with van der Waals surface area (Å²) in [5, 5.41) is 10.0. The van der Waals surface area contributed by atoms with Crippen LogP contribution >= 0.6 is 0 Å². The van der Waals surface area contributed by atoms with E-state index in [4.69, 9.17) is 9.47 Å². The Kier molecular flexibility index (Phi) is 5.01. The summed E-state index contributed by atoms with van der Waals surface area (Å²) in [5.41, 5.74) is 1.66. The maximum Gasteiger partial charge on any atom is 0.339 e. The van der Waals surface area contributed by atoms with Crippen molar-refractivity contribution in [1.82, 2.24) is 0 Å². The van der Waals surface area contributed by atoms with E-state index < -0.39 is 12.1 Å².